The molecule has 2 unspecified atom stereocenters. The van der Waals surface area contributed by atoms with Gasteiger partial charge in [-0.1, -0.05) is 53.4 Å². The van der Waals surface area contributed by atoms with Crippen molar-refractivity contribution in [1.29, 1.82) is 0 Å². The van der Waals surface area contributed by atoms with Gasteiger partial charge in [0.25, 0.3) is 0 Å². The maximum atomic E-state index is 3.36. The molecule has 2 aliphatic rings. The molecule has 0 saturated carbocycles. The first kappa shape index (κ1) is 27.0. The fourth-order valence-corrected chi connectivity index (χ4v) is 2.32. The van der Waals surface area contributed by atoms with Gasteiger partial charge in [-0.2, -0.15) is 22.3 Å². The van der Waals surface area contributed by atoms with E-state index in [1.807, 2.05) is 0 Å². The molecule has 0 bridgehead atoms. The van der Waals surface area contributed by atoms with E-state index in [4.69, 9.17) is 0 Å². The summed E-state index contributed by atoms with van der Waals surface area (Å²) in [6.07, 6.45) is 6.72. The molecule has 0 aromatic rings. The number of allylic oxidation sites excluding steroid dienone is 8. The van der Waals surface area contributed by atoms with Crippen LogP contribution in [-0.4, -0.2) is 4.82 Å². The van der Waals surface area contributed by atoms with Crippen LogP contribution in [0.3, 0.4) is 0 Å². The summed E-state index contributed by atoms with van der Waals surface area (Å²) < 4.78 is 0. The molecular weight excluding hydrogens is 347 g/mol. The Morgan fingerprint density at radius 1 is 0.682 bits per heavy atom. The summed E-state index contributed by atoms with van der Waals surface area (Å²) in [6, 6.07) is 0. The van der Waals surface area contributed by atoms with Gasteiger partial charge in [-0.05, 0) is 0 Å². The number of rotatable bonds is 0. The molecule has 0 amide bonds. The van der Waals surface area contributed by atoms with Gasteiger partial charge in [0.15, 0.2) is 0 Å². The quantitative estimate of drug-likeness (QED) is 0.346. The van der Waals surface area contributed by atoms with Crippen LogP contribution in [-0.2, 0) is 20.0 Å². The second-order valence-corrected chi connectivity index (χ2v) is 5.60. The third kappa shape index (κ3) is 7.13. The Kier molecular flexibility index (Phi) is 15.4. The van der Waals surface area contributed by atoms with Crippen LogP contribution in [0.1, 0.15) is 55.4 Å². The number of halogens is 2. The van der Waals surface area contributed by atoms with Crippen molar-refractivity contribution in [3.8, 4) is 0 Å². The van der Waals surface area contributed by atoms with Crippen LogP contribution in [0.15, 0.2) is 33.4 Å². The number of hydrogen-bond donors (Lipinski definition) is 0. The van der Waals surface area contributed by atoms with Gasteiger partial charge in [-0.15, -0.1) is 38.7 Å². The third-order valence-electron chi connectivity index (χ3n) is 4.47. The van der Waals surface area contributed by atoms with E-state index in [0.717, 1.165) is 0 Å². The molecule has 0 aromatic heterocycles. The predicted octanol–water partition coefficient (Wildman–Crippen LogP) is 6.25. The average molecular weight is 377 g/mol. The van der Waals surface area contributed by atoms with Gasteiger partial charge in [-0.25, -0.2) is 11.1 Å². The van der Waals surface area contributed by atoms with E-state index >= 15 is 0 Å². The molecule has 0 heterocycles. The van der Waals surface area contributed by atoms with Crippen LogP contribution >= 0.6 is 24.8 Å². The van der Waals surface area contributed by atoms with Crippen LogP contribution in [0, 0.1) is 24.0 Å². The Balaban J connectivity index is -0.000000273. The van der Waals surface area contributed by atoms with Crippen LogP contribution in [0.2, 0.25) is 0 Å². The van der Waals surface area contributed by atoms with Crippen LogP contribution < -0.4 is 0 Å². The molecule has 0 radical (unpaired) electrons. The van der Waals surface area contributed by atoms with E-state index < -0.39 is 0 Å². The van der Waals surface area contributed by atoms with E-state index in [9.17, 15) is 0 Å². The van der Waals surface area contributed by atoms with Gasteiger partial charge in [0.2, 0.25) is 0 Å². The molecule has 2 rings (SSSR count). The Bertz CT molecular complexity index is 438. The normalized spacial score (nSPS) is 22.5. The molecule has 0 spiro atoms. The third-order valence-corrected chi connectivity index (χ3v) is 4.47. The SMILES string of the molecule is CC1=[C-]C(C)C(C)=C1C.CC1=[C-]C(C)C(C)=C1C.Cl.Cl.[CH2]=[Ti+2]. The zero-order valence-electron chi connectivity index (χ0n) is 15.2. The Labute approximate surface area is 162 Å². The van der Waals surface area contributed by atoms with Crippen LogP contribution in [0.4, 0.5) is 0 Å². The Morgan fingerprint density at radius 2 is 0.909 bits per heavy atom. The Hall–Kier alpha value is 0.124. The molecule has 124 valence electrons. The van der Waals surface area contributed by atoms with Crippen molar-refractivity contribution in [2.24, 2.45) is 11.8 Å². The van der Waals surface area contributed by atoms with E-state index in [-0.39, 0.29) is 24.8 Å². The fraction of sp³-hybridized carbons (Fsp3) is 0.526. The minimum atomic E-state index is 0. The summed E-state index contributed by atoms with van der Waals surface area (Å²) in [6.45, 7) is 17.3. The fourth-order valence-electron chi connectivity index (χ4n) is 2.32. The van der Waals surface area contributed by atoms with E-state index in [0.29, 0.717) is 11.8 Å². The molecule has 0 fully saturated rings. The van der Waals surface area contributed by atoms with Crippen molar-refractivity contribution >= 4 is 29.6 Å². The van der Waals surface area contributed by atoms with Crippen LogP contribution in [0.25, 0.3) is 0 Å². The van der Waals surface area contributed by atoms with Crippen LogP contribution in [0.5, 0.6) is 0 Å². The molecule has 0 saturated heterocycles. The van der Waals surface area contributed by atoms with Crippen molar-refractivity contribution in [3.63, 3.8) is 0 Å². The average Bonchev–Trinajstić information content (AvgIpc) is 2.78. The van der Waals surface area contributed by atoms with Crippen molar-refractivity contribution < 1.29 is 20.0 Å². The molecule has 3 heteroatoms. The van der Waals surface area contributed by atoms with Gasteiger partial charge >= 0.3 is 24.8 Å². The van der Waals surface area contributed by atoms with Crippen molar-refractivity contribution in [1.82, 2.24) is 0 Å². The zero-order chi connectivity index (χ0) is 16.0. The first-order chi connectivity index (χ1) is 9.25. The summed E-state index contributed by atoms with van der Waals surface area (Å²) in [5.41, 5.74) is 8.49. The first-order valence-corrected chi connectivity index (χ1v) is 8.27. The van der Waals surface area contributed by atoms with E-state index in [1.165, 1.54) is 33.4 Å². The standard InChI is InChI=1S/2C9H13.CH2.2ClH.Ti/c2*1-6-5-7(2)9(4)8(6)3;;;;/h2*6H,1-4H3;1H2;2*1H;/q2*-1;;;;+2. The molecule has 0 aromatic carbocycles. The van der Waals surface area contributed by atoms with Gasteiger partial charge in [0, 0.05) is 0 Å². The van der Waals surface area contributed by atoms with Gasteiger partial charge < -0.3 is 0 Å². The molecule has 0 nitrogen and oxygen atoms in total. The summed E-state index contributed by atoms with van der Waals surface area (Å²) in [5, 5.41) is 0. The summed E-state index contributed by atoms with van der Waals surface area (Å²) in [5.74, 6) is 1.12. The van der Waals surface area contributed by atoms with Gasteiger partial charge in [-0.3, -0.25) is 12.2 Å². The predicted molar refractivity (Wildman–Crippen MR) is 102 cm³/mol. The van der Waals surface area contributed by atoms with E-state index in [2.05, 4.69) is 72.4 Å². The van der Waals surface area contributed by atoms with Crippen molar-refractivity contribution in [3.05, 3.63) is 45.6 Å². The molecule has 0 N–H and O–H groups in total. The maximum absolute atomic E-state index is 3.36. The minimum absolute atomic E-state index is 0. The molecule has 22 heavy (non-hydrogen) atoms. The monoisotopic (exact) mass is 376 g/mol. The molecular formula is C19H30Cl2Ti. The second-order valence-electron chi connectivity index (χ2n) is 5.60. The zero-order valence-corrected chi connectivity index (χ0v) is 18.4. The molecule has 0 aliphatic heterocycles. The number of hydrogen-bond acceptors (Lipinski definition) is 0. The first-order valence-electron chi connectivity index (χ1n) is 7.16. The van der Waals surface area contributed by atoms with Crippen molar-refractivity contribution in [2.75, 3.05) is 0 Å². The Morgan fingerprint density at radius 3 is 0.955 bits per heavy atom. The molecule has 2 atom stereocenters. The summed E-state index contributed by atoms with van der Waals surface area (Å²) in [7, 11) is 0. The van der Waals surface area contributed by atoms with Gasteiger partial charge in [0.05, 0.1) is 0 Å². The van der Waals surface area contributed by atoms with E-state index in [1.54, 1.807) is 20.0 Å². The summed E-state index contributed by atoms with van der Waals surface area (Å²) >= 11 is 1.75. The molecule has 2 aliphatic carbocycles. The van der Waals surface area contributed by atoms with Gasteiger partial charge in [0.1, 0.15) is 0 Å². The van der Waals surface area contributed by atoms with Crippen molar-refractivity contribution in [2.45, 2.75) is 55.4 Å². The second kappa shape index (κ2) is 12.5. The summed E-state index contributed by atoms with van der Waals surface area (Å²) in [4.78, 5) is 3.25. The topological polar surface area (TPSA) is 0 Å².